The average Bonchev–Trinajstić information content (AvgIpc) is 2.25. The van der Waals surface area contributed by atoms with Crippen molar-refractivity contribution in [1.29, 1.82) is 0 Å². The van der Waals surface area contributed by atoms with Crippen LogP contribution in [0.4, 0.5) is 11.4 Å². The van der Waals surface area contributed by atoms with Gasteiger partial charge in [0.05, 0.1) is 18.0 Å². The highest BCUT2D eigenvalue weighted by molar-refractivity contribution is 6.04. The second-order valence-electron chi connectivity index (χ2n) is 3.77. The maximum Gasteiger partial charge on any atom is 0.248 e. The fourth-order valence-electron chi connectivity index (χ4n) is 1.79. The Bertz CT molecular complexity index is 404. The minimum atomic E-state index is -0.212. The van der Waals surface area contributed by atoms with Gasteiger partial charge in [0.1, 0.15) is 6.04 Å². The van der Waals surface area contributed by atoms with Gasteiger partial charge in [0, 0.05) is 7.05 Å². The van der Waals surface area contributed by atoms with Crippen LogP contribution < -0.4 is 10.2 Å². The number of nitrogens with one attached hydrogen (secondary N) is 1. The molecule has 0 radical (unpaired) electrons. The SMILES string of the molecule is CC1Nc2cc(CO)ccc2N(C)C1=O. The number of benzene rings is 1. The van der Waals surface area contributed by atoms with Gasteiger partial charge in [-0.25, -0.2) is 0 Å². The molecule has 1 aliphatic rings. The van der Waals surface area contributed by atoms with Crippen molar-refractivity contribution in [3.63, 3.8) is 0 Å². The molecular weight excluding hydrogens is 192 g/mol. The number of rotatable bonds is 1. The van der Waals surface area contributed by atoms with E-state index in [0.29, 0.717) is 0 Å². The van der Waals surface area contributed by atoms with Crippen LogP contribution in [0.25, 0.3) is 0 Å². The van der Waals surface area contributed by atoms with Crippen molar-refractivity contribution in [3.8, 4) is 0 Å². The lowest BCUT2D eigenvalue weighted by Crippen LogP contribution is -2.43. The topological polar surface area (TPSA) is 52.6 Å². The number of aliphatic hydroxyl groups excluding tert-OH is 1. The van der Waals surface area contributed by atoms with Crippen molar-refractivity contribution < 1.29 is 9.90 Å². The van der Waals surface area contributed by atoms with Crippen molar-refractivity contribution in [2.45, 2.75) is 19.6 Å². The molecule has 1 unspecified atom stereocenters. The lowest BCUT2D eigenvalue weighted by Gasteiger charge is -2.31. The van der Waals surface area contributed by atoms with Crippen LogP contribution in [0.5, 0.6) is 0 Å². The van der Waals surface area contributed by atoms with E-state index in [1.54, 1.807) is 11.9 Å². The number of amides is 1. The Morgan fingerprint density at radius 2 is 2.27 bits per heavy atom. The van der Waals surface area contributed by atoms with E-state index in [2.05, 4.69) is 5.32 Å². The molecule has 0 spiro atoms. The van der Waals surface area contributed by atoms with E-state index in [9.17, 15) is 4.79 Å². The normalized spacial score (nSPS) is 19.8. The molecule has 0 aliphatic carbocycles. The molecule has 1 aromatic carbocycles. The minimum absolute atomic E-state index is 0.0149. The quantitative estimate of drug-likeness (QED) is 0.719. The third kappa shape index (κ3) is 1.57. The summed E-state index contributed by atoms with van der Waals surface area (Å²) in [5.41, 5.74) is 2.60. The van der Waals surface area contributed by atoms with Crippen LogP contribution >= 0.6 is 0 Å². The number of nitrogens with zero attached hydrogens (tertiary/aromatic N) is 1. The number of aliphatic hydroxyl groups is 1. The summed E-state index contributed by atoms with van der Waals surface area (Å²) in [5.74, 6) is 0.0549. The molecule has 4 nitrogen and oxygen atoms in total. The summed E-state index contributed by atoms with van der Waals surface area (Å²) in [5, 5.41) is 12.1. The Labute approximate surface area is 88.5 Å². The fraction of sp³-hybridized carbons (Fsp3) is 0.364. The molecule has 0 fully saturated rings. The van der Waals surface area contributed by atoms with Crippen LogP contribution in [-0.4, -0.2) is 24.1 Å². The summed E-state index contributed by atoms with van der Waals surface area (Å²) in [6.45, 7) is 1.84. The number of hydrogen-bond donors (Lipinski definition) is 2. The lowest BCUT2D eigenvalue weighted by molar-refractivity contribution is -0.118. The molecule has 2 N–H and O–H groups in total. The zero-order valence-electron chi connectivity index (χ0n) is 8.82. The van der Waals surface area contributed by atoms with Gasteiger partial charge < -0.3 is 15.3 Å². The van der Waals surface area contributed by atoms with Gasteiger partial charge in [-0.05, 0) is 24.6 Å². The van der Waals surface area contributed by atoms with Crippen molar-refractivity contribution in [3.05, 3.63) is 23.8 Å². The number of carbonyl (C=O) groups is 1. The van der Waals surface area contributed by atoms with Crippen molar-refractivity contribution in [2.24, 2.45) is 0 Å². The molecule has 1 amide bonds. The van der Waals surface area contributed by atoms with Crippen LogP contribution in [0.15, 0.2) is 18.2 Å². The fourth-order valence-corrected chi connectivity index (χ4v) is 1.79. The summed E-state index contributed by atoms with van der Waals surface area (Å²) in [6, 6.07) is 5.32. The Balaban J connectivity index is 2.45. The maximum absolute atomic E-state index is 11.7. The van der Waals surface area contributed by atoms with E-state index in [4.69, 9.17) is 5.11 Å². The molecule has 0 bridgehead atoms. The smallest absolute Gasteiger partial charge is 0.248 e. The molecule has 4 heteroatoms. The molecule has 1 heterocycles. The van der Waals surface area contributed by atoms with Crippen LogP contribution in [0.3, 0.4) is 0 Å². The van der Waals surface area contributed by atoms with Crippen molar-refractivity contribution in [2.75, 3.05) is 17.3 Å². The molecule has 15 heavy (non-hydrogen) atoms. The van der Waals surface area contributed by atoms with Gasteiger partial charge in [0.15, 0.2) is 0 Å². The van der Waals surface area contributed by atoms with Crippen LogP contribution in [0, 0.1) is 0 Å². The first-order chi connectivity index (χ1) is 7.13. The summed E-state index contributed by atoms with van der Waals surface area (Å²) < 4.78 is 0. The highest BCUT2D eigenvalue weighted by atomic mass is 16.3. The summed E-state index contributed by atoms with van der Waals surface area (Å²) >= 11 is 0. The second-order valence-corrected chi connectivity index (χ2v) is 3.77. The number of hydrogen-bond acceptors (Lipinski definition) is 3. The van der Waals surface area contributed by atoms with Crippen molar-refractivity contribution in [1.82, 2.24) is 0 Å². The first-order valence-corrected chi connectivity index (χ1v) is 4.91. The van der Waals surface area contributed by atoms with Crippen LogP contribution in [0.1, 0.15) is 12.5 Å². The molecule has 0 saturated heterocycles. The number of likely N-dealkylation sites (N-methyl/N-ethyl adjacent to an activating group) is 1. The van der Waals surface area contributed by atoms with E-state index >= 15 is 0 Å². The zero-order valence-corrected chi connectivity index (χ0v) is 8.82. The average molecular weight is 206 g/mol. The first-order valence-electron chi connectivity index (χ1n) is 4.91. The van der Waals surface area contributed by atoms with Gasteiger partial charge in [-0.15, -0.1) is 0 Å². The highest BCUT2D eigenvalue weighted by Gasteiger charge is 2.26. The van der Waals surface area contributed by atoms with Gasteiger partial charge in [0.2, 0.25) is 5.91 Å². The van der Waals surface area contributed by atoms with Gasteiger partial charge in [-0.2, -0.15) is 0 Å². The lowest BCUT2D eigenvalue weighted by atomic mass is 10.1. The Kier molecular flexibility index (Phi) is 2.36. The largest absolute Gasteiger partial charge is 0.392 e. The second kappa shape index (κ2) is 3.55. The molecule has 0 aromatic heterocycles. The molecule has 1 atom stereocenters. The predicted molar refractivity (Wildman–Crippen MR) is 58.9 cm³/mol. The zero-order chi connectivity index (χ0) is 11.0. The Morgan fingerprint density at radius 1 is 1.53 bits per heavy atom. The third-order valence-corrected chi connectivity index (χ3v) is 2.68. The maximum atomic E-state index is 11.7. The molecule has 0 saturated carbocycles. The minimum Gasteiger partial charge on any atom is -0.392 e. The standard InChI is InChI=1S/C11H14N2O2/c1-7-11(15)13(2)10-4-3-8(6-14)5-9(10)12-7/h3-5,7,12,14H,6H2,1-2H3. The van der Waals surface area contributed by atoms with Crippen LogP contribution in [-0.2, 0) is 11.4 Å². The number of anilines is 2. The van der Waals surface area contributed by atoms with E-state index in [1.807, 2.05) is 25.1 Å². The Hall–Kier alpha value is -1.55. The first kappa shape index (κ1) is 9.98. The molecule has 2 rings (SSSR count). The molecule has 1 aliphatic heterocycles. The predicted octanol–water partition coefficient (Wildman–Crippen LogP) is 0.956. The van der Waals surface area contributed by atoms with E-state index in [-0.39, 0.29) is 18.6 Å². The van der Waals surface area contributed by atoms with Gasteiger partial charge in [-0.1, -0.05) is 6.07 Å². The third-order valence-electron chi connectivity index (χ3n) is 2.68. The highest BCUT2D eigenvalue weighted by Crippen LogP contribution is 2.31. The van der Waals surface area contributed by atoms with Gasteiger partial charge in [0.25, 0.3) is 0 Å². The van der Waals surface area contributed by atoms with E-state index in [0.717, 1.165) is 16.9 Å². The molecular formula is C11H14N2O2. The van der Waals surface area contributed by atoms with E-state index in [1.165, 1.54) is 0 Å². The molecule has 80 valence electrons. The number of fused-ring (bicyclic) bond motifs is 1. The van der Waals surface area contributed by atoms with Crippen LogP contribution in [0.2, 0.25) is 0 Å². The van der Waals surface area contributed by atoms with Gasteiger partial charge in [-0.3, -0.25) is 4.79 Å². The monoisotopic (exact) mass is 206 g/mol. The van der Waals surface area contributed by atoms with Gasteiger partial charge >= 0.3 is 0 Å². The van der Waals surface area contributed by atoms with E-state index < -0.39 is 0 Å². The summed E-state index contributed by atoms with van der Waals surface area (Å²) in [7, 11) is 1.76. The summed E-state index contributed by atoms with van der Waals surface area (Å²) in [4.78, 5) is 13.3. The summed E-state index contributed by atoms with van der Waals surface area (Å²) in [6.07, 6.45) is 0. The van der Waals surface area contributed by atoms with Crippen molar-refractivity contribution >= 4 is 17.3 Å². The Morgan fingerprint density at radius 3 is 2.93 bits per heavy atom. The molecule has 1 aromatic rings. The number of carbonyl (C=O) groups excluding carboxylic acids is 1.